The third kappa shape index (κ3) is 10.1. The summed E-state index contributed by atoms with van der Waals surface area (Å²) in [6, 6.07) is 7.27. The van der Waals surface area contributed by atoms with Gasteiger partial charge in [-0.15, -0.1) is 11.3 Å². The molecule has 2 amide bonds. The Labute approximate surface area is 250 Å². The number of hydrogen-bond acceptors (Lipinski definition) is 8. The summed E-state index contributed by atoms with van der Waals surface area (Å²) in [6.07, 6.45) is 0.210. The minimum atomic E-state index is -4.25. The van der Waals surface area contributed by atoms with E-state index in [9.17, 15) is 32.7 Å². The van der Waals surface area contributed by atoms with Crippen LogP contribution in [0, 0.1) is 11.8 Å². The molecular formula is C29H40N2O9S2. The van der Waals surface area contributed by atoms with Crippen molar-refractivity contribution < 1.29 is 42.5 Å². The van der Waals surface area contributed by atoms with Crippen molar-refractivity contribution >= 4 is 45.3 Å². The summed E-state index contributed by atoms with van der Waals surface area (Å²) in [7, 11) is -4.25. The van der Waals surface area contributed by atoms with Crippen molar-refractivity contribution in [1.29, 1.82) is 0 Å². The van der Waals surface area contributed by atoms with E-state index in [4.69, 9.17) is 9.84 Å². The van der Waals surface area contributed by atoms with E-state index >= 15 is 0 Å². The number of benzene rings is 1. The molecule has 2 rings (SSSR count). The Balaban J connectivity index is 2.42. The smallest absolute Gasteiger partial charge is 0.421 e. The van der Waals surface area contributed by atoms with Crippen LogP contribution in [-0.2, 0) is 42.1 Å². The van der Waals surface area contributed by atoms with E-state index in [0.29, 0.717) is 29.5 Å². The number of amides is 2. The van der Waals surface area contributed by atoms with Gasteiger partial charge in [-0.2, -0.15) is 0 Å². The van der Waals surface area contributed by atoms with Gasteiger partial charge in [0.1, 0.15) is 10.3 Å². The van der Waals surface area contributed by atoms with Gasteiger partial charge in [-0.25, -0.2) is 22.7 Å². The molecule has 0 saturated heterocycles. The molecule has 0 radical (unpaired) electrons. The van der Waals surface area contributed by atoms with Gasteiger partial charge in [0.15, 0.2) is 0 Å². The number of rotatable bonds is 16. The van der Waals surface area contributed by atoms with Crippen molar-refractivity contribution in [3.63, 3.8) is 0 Å². The Kier molecular flexibility index (Phi) is 13.0. The highest BCUT2D eigenvalue weighted by Crippen LogP contribution is 2.36. The summed E-state index contributed by atoms with van der Waals surface area (Å²) in [5, 5.41) is 18.8. The monoisotopic (exact) mass is 624 g/mol. The lowest BCUT2D eigenvalue weighted by Crippen LogP contribution is -2.47. The first-order valence-electron chi connectivity index (χ1n) is 13.8. The molecule has 42 heavy (non-hydrogen) atoms. The molecule has 0 aliphatic carbocycles. The summed E-state index contributed by atoms with van der Waals surface area (Å²) in [5.41, 5.74) is 1.53. The second-order valence-electron chi connectivity index (χ2n) is 10.7. The van der Waals surface area contributed by atoms with Gasteiger partial charge in [0.05, 0.1) is 13.0 Å². The first kappa shape index (κ1) is 34.7. The molecule has 0 aliphatic rings. The van der Waals surface area contributed by atoms with E-state index in [-0.39, 0.29) is 29.7 Å². The highest BCUT2D eigenvalue weighted by atomic mass is 32.2. The number of carboxylic acids is 2. The van der Waals surface area contributed by atoms with Crippen molar-refractivity contribution in [2.24, 2.45) is 11.8 Å². The van der Waals surface area contributed by atoms with Crippen molar-refractivity contribution in [3.8, 4) is 11.1 Å². The van der Waals surface area contributed by atoms with Gasteiger partial charge in [-0.1, -0.05) is 65.3 Å². The van der Waals surface area contributed by atoms with Crippen LogP contribution in [0.1, 0.15) is 70.7 Å². The maximum absolute atomic E-state index is 13.2. The standard InChI is InChI=1S/C29H40N2O9S2/c1-6-7-14-40-29(37)30-42(38,39)28-23(16-22(41-28)15-18(2)3)21-10-8-20(9-11-21)17-31(24(32)12-13-25(33)34)26(19(4)5)27(35)36/h8-11,16,18-19,26H,6-7,12-15,17H2,1-5H3,(H,30,37)(H,33,34)(H,35,36)/t26-/m0/s1. The summed E-state index contributed by atoms with van der Waals surface area (Å²) >= 11 is 1.07. The number of carbonyl (C=O) groups is 4. The number of thiophene rings is 1. The van der Waals surface area contributed by atoms with Crippen LogP contribution in [0.2, 0.25) is 0 Å². The number of nitrogens with one attached hydrogen (secondary N) is 1. The fraction of sp³-hybridized carbons (Fsp3) is 0.517. The van der Waals surface area contributed by atoms with E-state index in [2.05, 4.69) is 0 Å². The van der Waals surface area contributed by atoms with Gasteiger partial charge in [-0.3, -0.25) is 9.59 Å². The molecule has 0 unspecified atom stereocenters. The first-order chi connectivity index (χ1) is 19.7. The fourth-order valence-electron chi connectivity index (χ4n) is 4.29. The highest BCUT2D eigenvalue weighted by molar-refractivity contribution is 7.92. The Bertz CT molecular complexity index is 1350. The van der Waals surface area contributed by atoms with Crippen LogP contribution >= 0.6 is 11.3 Å². The summed E-state index contributed by atoms with van der Waals surface area (Å²) < 4.78 is 33.4. The molecule has 1 atom stereocenters. The zero-order chi connectivity index (χ0) is 31.6. The van der Waals surface area contributed by atoms with Crippen LogP contribution < -0.4 is 4.72 Å². The average molecular weight is 625 g/mol. The highest BCUT2D eigenvalue weighted by Gasteiger charge is 2.32. The summed E-state index contributed by atoms with van der Waals surface area (Å²) in [5.74, 6) is -3.13. The normalized spacial score (nSPS) is 12.3. The first-order valence-corrected chi connectivity index (χ1v) is 16.1. The SMILES string of the molecule is CCCCOC(=O)NS(=O)(=O)c1sc(CC(C)C)cc1-c1ccc(CN(C(=O)CCC(=O)O)[C@H](C(=O)O)C(C)C)cc1. The molecule has 1 aromatic heterocycles. The molecule has 1 aromatic carbocycles. The van der Waals surface area contributed by atoms with Crippen molar-refractivity contribution in [1.82, 2.24) is 9.62 Å². The van der Waals surface area contributed by atoms with Crippen LogP contribution in [0.3, 0.4) is 0 Å². The number of sulfonamides is 1. The van der Waals surface area contributed by atoms with E-state index in [1.54, 1.807) is 44.2 Å². The topological polar surface area (TPSA) is 167 Å². The Morgan fingerprint density at radius 3 is 2.19 bits per heavy atom. The van der Waals surface area contributed by atoms with Crippen LogP contribution in [0.4, 0.5) is 4.79 Å². The van der Waals surface area contributed by atoms with E-state index < -0.39 is 52.3 Å². The number of ether oxygens (including phenoxy) is 1. The van der Waals surface area contributed by atoms with Crippen molar-refractivity contribution in [2.75, 3.05) is 6.61 Å². The molecule has 11 nitrogen and oxygen atoms in total. The van der Waals surface area contributed by atoms with Gasteiger partial charge in [0.2, 0.25) is 5.91 Å². The van der Waals surface area contributed by atoms with Gasteiger partial charge in [-0.05, 0) is 41.9 Å². The van der Waals surface area contributed by atoms with E-state index in [1.807, 2.05) is 25.5 Å². The number of hydrogen-bond donors (Lipinski definition) is 3. The number of nitrogens with zero attached hydrogens (tertiary/aromatic N) is 1. The van der Waals surface area contributed by atoms with Crippen molar-refractivity contribution in [3.05, 3.63) is 40.8 Å². The number of unbranched alkanes of at least 4 members (excludes halogenated alkanes) is 1. The summed E-state index contributed by atoms with van der Waals surface area (Å²) in [6.45, 7) is 9.30. The predicted molar refractivity (Wildman–Crippen MR) is 159 cm³/mol. The lowest BCUT2D eigenvalue weighted by Gasteiger charge is -2.31. The van der Waals surface area contributed by atoms with Crippen LogP contribution in [0.5, 0.6) is 0 Å². The molecule has 3 N–H and O–H groups in total. The number of aliphatic carboxylic acids is 2. The molecule has 2 aromatic rings. The van der Waals surface area contributed by atoms with E-state index in [0.717, 1.165) is 22.6 Å². The van der Waals surface area contributed by atoms with Crippen LogP contribution in [0.25, 0.3) is 11.1 Å². The van der Waals surface area contributed by atoms with Crippen molar-refractivity contribution in [2.45, 2.75) is 83.5 Å². The van der Waals surface area contributed by atoms with Gasteiger partial charge < -0.3 is 19.8 Å². The lowest BCUT2D eigenvalue weighted by atomic mass is 10.00. The second kappa shape index (κ2) is 15.7. The molecular weight excluding hydrogens is 584 g/mol. The maximum Gasteiger partial charge on any atom is 0.421 e. The molecule has 0 saturated carbocycles. The van der Waals surface area contributed by atoms with Gasteiger partial charge in [0, 0.05) is 23.4 Å². The minimum absolute atomic E-state index is 0.0328. The maximum atomic E-state index is 13.2. The lowest BCUT2D eigenvalue weighted by molar-refractivity contribution is -0.153. The van der Waals surface area contributed by atoms with Crippen LogP contribution in [0.15, 0.2) is 34.5 Å². The summed E-state index contributed by atoms with van der Waals surface area (Å²) in [4.78, 5) is 50.1. The zero-order valence-electron chi connectivity index (χ0n) is 24.6. The Morgan fingerprint density at radius 2 is 1.67 bits per heavy atom. The van der Waals surface area contributed by atoms with Crippen LogP contribution in [-0.4, -0.2) is 60.1 Å². The fourth-order valence-corrected chi connectivity index (χ4v) is 7.13. The van der Waals surface area contributed by atoms with Gasteiger partial charge in [0.25, 0.3) is 10.0 Å². The zero-order valence-corrected chi connectivity index (χ0v) is 26.2. The number of carbonyl (C=O) groups excluding carboxylic acids is 2. The predicted octanol–water partition coefficient (Wildman–Crippen LogP) is 5.13. The second-order valence-corrected chi connectivity index (χ2v) is 13.8. The quantitative estimate of drug-likeness (QED) is 0.214. The average Bonchev–Trinajstić information content (AvgIpc) is 3.31. The van der Waals surface area contributed by atoms with Gasteiger partial charge >= 0.3 is 18.0 Å². The third-order valence-electron chi connectivity index (χ3n) is 6.26. The Morgan fingerprint density at radius 1 is 1.02 bits per heavy atom. The molecule has 1 heterocycles. The largest absolute Gasteiger partial charge is 0.481 e. The molecule has 0 bridgehead atoms. The van der Waals surface area contributed by atoms with E-state index in [1.165, 1.54) is 4.90 Å². The molecule has 232 valence electrons. The molecule has 0 fully saturated rings. The molecule has 13 heteroatoms. The molecule has 0 spiro atoms. The number of carboxylic acid groups (broad SMARTS) is 2. The molecule has 0 aliphatic heterocycles. The minimum Gasteiger partial charge on any atom is -0.481 e. The third-order valence-corrected chi connectivity index (χ3v) is 9.27. The Hall–Kier alpha value is -3.45.